The minimum Gasteiger partial charge on any atom is -0.354 e. The lowest BCUT2D eigenvalue weighted by atomic mass is 10.2. The second-order valence-electron chi connectivity index (χ2n) is 5.14. The molecular weight excluding hydrogens is 264 g/mol. The molecule has 0 saturated carbocycles. The molecule has 0 bridgehead atoms. The van der Waals surface area contributed by atoms with Crippen molar-refractivity contribution in [3.8, 4) is 0 Å². The predicted octanol–water partition coefficient (Wildman–Crippen LogP) is 1.89. The van der Waals surface area contributed by atoms with Gasteiger partial charge in [-0.15, -0.1) is 0 Å². The average Bonchev–Trinajstić information content (AvgIpc) is 3.03. The number of rotatable bonds is 5. The van der Waals surface area contributed by atoms with E-state index in [2.05, 4.69) is 30.2 Å². The summed E-state index contributed by atoms with van der Waals surface area (Å²) in [6.45, 7) is 4.90. The van der Waals surface area contributed by atoms with Gasteiger partial charge in [-0.1, -0.05) is 6.07 Å². The van der Waals surface area contributed by atoms with Gasteiger partial charge < -0.3 is 10.2 Å². The quantitative estimate of drug-likeness (QED) is 0.904. The van der Waals surface area contributed by atoms with Crippen LogP contribution in [0.4, 0.5) is 11.9 Å². The zero-order chi connectivity index (χ0) is 14.5. The van der Waals surface area contributed by atoms with Crippen LogP contribution in [0.15, 0.2) is 24.5 Å². The molecule has 0 unspecified atom stereocenters. The monoisotopic (exact) mass is 284 g/mol. The van der Waals surface area contributed by atoms with Gasteiger partial charge >= 0.3 is 0 Å². The zero-order valence-corrected chi connectivity index (χ0v) is 12.3. The maximum atomic E-state index is 4.63. The minimum atomic E-state index is 0.660. The lowest BCUT2D eigenvalue weighted by molar-refractivity contribution is 0.840. The van der Waals surface area contributed by atoms with Crippen LogP contribution >= 0.6 is 0 Å². The van der Waals surface area contributed by atoms with Crippen LogP contribution in [0.25, 0.3) is 0 Å². The molecule has 3 rings (SSSR count). The fraction of sp³-hybridized carbons (Fsp3) is 0.467. The van der Waals surface area contributed by atoms with Crippen molar-refractivity contribution >= 4 is 11.9 Å². The van der Waals surface area contributed by atoms with Crippen LogP contribution in [0.2, 0.25) is 0 Å². The van der Waals surface area contributed by atoms with Crippen molar-refractivity contribution in [2.75, 3.05) is 29.9 Å². The second kappa shape index (κ2) is 6.47. The van der Waals surface area contributed by atoms with E-state index in [-0.39, 0.29) is 0 Å². The van der Waals surface area contributed by atoms with Gasteiger partial charge in [0.1, 0.15) is 5.82 Å². The Morgan fingerprint density at radius 3 is 2.76 bits per heavy atom. The van der Waals surface area contributed by atoms with Crippen LogP contribution < -0.4 is 10.2 Å². The highest BCUT2D eigenvalue weighted by molar-refractivity contribution is 5.38. The Morgan fingerprint density at radius 1 is 1.19 bits per heavy atom. The Balaban J connectivity index is 1.87. The fourth-order valence-corrected chi connectivity index (χ4v) is 2.47. The van der Waals surface area contributed by atoms with Crippen LogP contribution in [0.3, 0.4) is 0 Å². The Morgan fingerprint density at radius 2 is 2.05 bits per heavy atom. The molecule has 6 nitrogen and oxygen atoms in total. The molecule has 0 radical (unpaired) electrons. The summed E-state index contributed by atoms with van der Waals surface area (Å²) in [7, 11) is 0. The third kappa shape index (κ3) is 3.45. The van der Waals surface area contributed by atoms with Crippen molar-refractivity contribution in [1.82, 2.24) is 19.9 Å². The van der Waals surface area contributed by atoms with E-state index < -0.39 is 0 Å². The second-order valence-corrected chi connectivity index (χ2v) is 5.14. The molecule has 1 aliphatic heterocycles. The maximum absolute atomic E-state index is 4.63. The minimum absolute atomic E-state index is 0.660. The molecule has 0 amide bonds. The summed E-state index contributed by atoms with van der Waals surface area (Å²) in [6.07, 6.45) is 6.72. The van der Waals surface area contributed by atoms with Gasteiger partial charge in [0, 0.05) is 38.4 Å². The molecule has 0 aliphatic carbocycles. The fourth-order valence-electron chi connectivity index (χ4n) is 2.47. The molecule has 1 fully saturated rings. The standard InChI is InChI=1S/C15H20N6/c1-2-17-14-18-13(10-12-6-5-7-16-11-12)19-15(20-14)21-8-3-4-9-21/h5-7,11H,2-4,8-10H2,1H3,(H,17,18,19,20). The van der Waals surface area contributed by atoms with E-state index in [1.54, 1.807) is 6.20 Å². The summed E-state index contributed by atoms with van der Waals surface area (Å²) in [5.41, 5.74) is 1.11. The van der Waals surface area contributed by atoms with Gasteiger partial charge in [0.25, 0.3) is 0 Å². The molecule has 3 heterocycles. The van der Waals surface area contributed by atoms with Crippen LogP contribution in [-0.4, -0.2) is 39.6 Å². The first kappa shape index (κ1) is 13.7. The molecule has 0 atom stereocenters. The topological polar surface area (TPSA) is 66.8 Å². The highest BCUT2D eigenvalue weighted by Crippen LogP contribution is 2.18. The normalized spacial score (nSPS) is 14.4. The average molecular weight is 284 g/mol. The number of anilines is 2. The molecule has 2 aromatic rings. The largest absolute Gasteiger partial charge is 0.354 e. The molecular formula is C15H20N6. The number of aromatic nitrogens is 4. The van der Waals surface area contributed by atoms with E-state index in [9.17, 15) is 0 Å². The highest BCUT2D eigenvalue weighted by atomic mass is 15.3. The smallest absolute Gasteiger partial charge is 0.230 e. The van der Waals surface area contributed by atoms with Gasteiger partial charge in [0.2, 0.25) is 11.9 Å². The van der Waals surface area contributed by atoms with Gasteiger partial charge in [0.15, 0.2) is 0 Å². The molecule has 6 heteroatoms. The third-order valence-corrected chi connectivity index (χ3v) is 3.48. The number of hydrogen-bond acceptors (Lipinski definition) is 6. The van der Waals surface area contributed by atoms with Gasteiger partial charge in [0.05, 0.1) is 0 Å². The van der Waals surface area contributed by atoms with Crippen molar-refractivity contribution in [2.45, 2.75) is 26.2 Å². The van der Waals surface area contributed by atoms with E-state index in [0.29, 0.717) is 12.4 Å². The van der Waals surface area contributed by atoms with E-state index in [1.807, 2.05) is 25.3 Å². The van der Waals surface area contributed by atoms with Crippen molar-refractivity contribution in [3.63, 3.8) is 0 Å². The Kier molecular flexibility index (Phi) is 4.23. The Hall–Kier alpha value is -2.24. The Labute approximate surface area is 124 Å². The molecule has 0 aromatic carbocycles. The van der Waals surface area contributed by atoms with Gasteiger partial charge in [-0.25, -0.2) is 0 Å². The van der Waals surface area contributed by atoms with Crippen LogP contribution in [0.1, 0.15) is 31.2 Å². The number of nitrogens with zero attached hydrogens (tertiary/aromatic N) is 5. The van der Waals surface area contributed by atoms with Crippen molar-refractivity contribution in [3.05, 3.63) is 35.9 Å². The predicted molar refractivity (Wildman–Crippen MR) is 82.5 cm³/mol. The molecule has 1 N–H and O–H groups in total. The van der Waals surface area contributed by atoms with Gasteiger partial charge in [-0.3, -0.25) is 4.98 Å². The summed E-state index contributed by atoms with van der Waals surface area (Å²) in [5, 5.41) is 3.19. The van der Waals surface area contributed by atoms with Crippen LogP contribution in [0.5, 0.6) is 0 Å². The molecule has 21 heavy (non-hydrogen) atoms. The third-order valence-electron chi connectivity index (χ3n) is 3.48. The number of pyridine rings is 1. The summed E-state index contributed by atoms with van der Waals surface area (Å²) in [6, 6.07) is 3.97. The van der Waals surface area contributed by atoms with Crippen molar-refractivity contribution in [2.24, 2.45) is 0 Å². The van der Waals surface area contributed by atoms with Gasteiger partial charge in [-0.05, 0) is 31.4 Å². The van der Waals surface area contributed by atoms with E-state index in [1.165, 1.54) is 12.8 Å². The number of nitrogens with one attached hydrogen (secondary N) is 1. The molecule has 110 valence electrons. The lowest BCUT2D eigenvalue weighted by Gasteiger charge is -2.16. The molecule has 1 aliphatic rings. The highest BCUT2D eigenvalue weighted by Gasteiger charge is 2.17. The summed E-state index contributed by atoms with van der Waals surface area (Å²) < 4.78 is 0. The first-order valence-electron chi connectivity index (χ1n) is 7.48. The lowest BCUT2D eigenvalue weighted by Crippen LogP contribution is -2.22. The molecule has 1 saturated heterocycles. The van der Waals surface area contributed by atoms with Gasteiger partial charge in [-0.2, -0.15) is 15.0 Å². The van der Waals surface area contributed by atoms with Crippen molar-refractivity contribution in [1.29, 1.82) is 0 Å². The SMILES string of the molecule is CCNc1nc(Cc2cccnc2)nc(N2CCCC2)n1. The summed E-state index contributed by atoms with van der Waals surface area (Å²) in [5.74, 6) is 2.24. The summed E-state index contributed by atoms with van der Waals surface area (Å²) in [4.78, 5) is 20.0. The van der Waals surface area contributed by atoms with Crippen LogP contribution in [0, 0.1) is 0 Å². The number of hydrogen-bond donors (Lipinski definition) is 1. The van der Waals surface area contributed by atoms with Crippen LogP contribution in [-0.2, 0) is 6.42 Å². The van der Waals surface area contributed by atoms with E-state index in [0.717, 1.165) is 37.0 Å². The maximum Gasteiger partial charge on any atom is 0.230 e. The summed E-state index contributed by atoms with van der Waals surface area (Å²) >= 11 is 0. The van der Waals surface area contributed by atoms with E-state index >= 15 is 0 Å². The molecule has 2 aromatic heterocycles. The van der Waals surface area contributed by atoms with E-state index in [4.69, 9.17) is 0 Å². The van der Waals surface area contributed by atoms with Crippen molar-refractivity contribution < 1.29 is 0 Å². The Bertz CT molecular complexity index is 580. The first-order chi connectivity index (χ1) is 10.3. The molecule has 0 spiro atoms. The zero-order valence-electron chi connectivity index (χ0n) is 12.3. The first-order valence-corrected chi connectivity index (χ1v) is 7.48.